The van der Waals surface area contributed by atoms with Crippen LogP contribution in [-0.2, 0) is 6.61 Å². The fourth-order valence-corrected chi connectivity index (χ4v) is 4.16. The van der Waals surface area contributed by atoms with Crippen LogP contribution in [0.5, 0.6) is 11.5 Å². The van der Waals surface area contributed by atoms with Crippen LogP contribution >= 0.6 is 46.4 Å². The summed E-state index contributed by atoms with van der Waals surface area (Å²) >= 11 is 24.0. The van der Waals surface area contributed by atoms with E-state index in [0.29, 0.717) is 31.9 Å². The van der Waals surface area contributed by atoms with Gasteiger partial charge in [-0.25, -0.2) is 10.2 Å². The van der Waals surface area contributed by atoms with E-state index in [9.17, 15) is 9.59 Å². The first-order valence-corrected chi connectivity index (χ1v) is 12.6. The number of hydrogen-bond donors (Lipinski definition) is 1. The van der Waals surface area contributed by atoms with Crippen LogP contribution in [0.3, 0.4) is 0 Å². The molecular weight excluding hydrogens is 570 g/mol. The summed E-state index contributed by atoms with van der Waals surface area (Å²) in [6, 6.07) is 22.9. The molecular formula is C28H18Cl4N2O4. The van der Waals surface area contributed by atoms with Crippen LogP contribution in [0.1, 0.15) is 31.8 Å². The van der Waals surface area contributed by atoms with Crippen molar-refractivity contribution in [1.29, 1.82) is 0 Å². The Bertz CT molecular complexity index is 1510. The number of carbonyl (C=O) groups is 2. The Morgan fingerprint density at radius 3 is 2.21 bits per heavy atom. The van der Waals surface area contributed by atoms with E-state index in [-0.39, 0.29) is 22.9 Å². The second kappa shape index (κ2) is 12.8. The number of carbonyl (C=O) groups excluding carboxylic acids is 2. The zero-order valence-corrected chi connectivity index (χ0v) is 22.5. The van der Waals surface area contributed by atoms with Crippen LogP contribution in [0.4, 0.5) is 0 Å². The quantitative estimate of drug-likeness (QED) is 0.0985. The van der Waals surface area contributed by atoms with Crippen molar-refractivity contribution in [3.05, 3.63) is 127 Å². The standard InChI is InChI=1S/C28H18Cl4N2O4/c29-20-7-4-19(25(31)13-20)16-37-22-9-5-18(6-10-22)27(35)34-33-15-17-2-1-3-23(12-17)38-28(36)24-11-8-21(30)14-26(24)32/h1-15H,16H2,(H,34,35)/b33-15+. The highest BCUT2D eigenvalue weighted by molar-refractivity contribution is 6.36. The average Bonchev–Trinajstić information content (AvgIpc) is 2.88. The van der Waals surface area contributed by atoms with Crippen LogP contribution in [0.2, 0.25) is 20.1 Å². The molecule has 38 heavy (non-hydrogen) atoms. The fraction of sp³-hybridized carbons (Fsp3) is 0.0357. The lowest BCUT2D eigenvalue weighted by Gasteiger charge is -2.09. The number of hydrogen-bond acceptors (Lipinski definition) is 5. The van der Waals surface area contributed by atoms with Crippen LogP contribution in [0, 0.1) is 0 Å². The largest absolute Gasteiger partial charge is 0.489 e. The highest BCUT2D eigenvalue weighted by Gasteiger charge is 2.13. The molecule has 0 saturated heterocycles. The second-order valence-corrected chi connectivity index (χ2v) is 9.52. The van der Waals surface area contributed by atoms with Gasteiger partial charge in [0.2, 0.25) is 0 Å². The maximum atomic E-state index is 12.4. The molecule has 0 aliphatic carbocycles. The van der Waals surface area contributed by atoms with Crippen molar-refractivity contribution in [3.8, 4) is 11.5 Å². The number of ether oxygens (including phenoxy) is 2. The van der Waals surface area contributed by atoms with Gasteiger partial charge in [-0.3, -0.25) is 4.79 Å². The number of nitrogens with one attached hydrogen (secondary N) is 1. The second-order valence-electron chi connectivity index (χ2n) is 7.83. The molecule has 1 N–H and O–H groups in total. The molecule has 0 radical (unpaired) electrons. The number of halogens is 4. The number of rotatable bonds is 8. The molecule has 0 aliphatic heterocycles. The third-order valence-corrected chi connectivity index (χ3v) is 6.26. The van der Waals surface area contributed by atoms with Gasteiger partial charge in [0.25, 0.3) is 5.91 Å². The molecule has 0 aromatic heterocycles. The molecule has 0 saturated carbocycles. The molecule has 4 rings (SSSR count). The molecule has 0 atom stereocenters. The highest BCUT2D eigenvalue weighted by atomic mass is 35.5. The zero-order chi connectivity index (χ0) is 27.1. The minimum Gasteiger partial charge on any atom is -0.489 e. The molecule has 0 spiro atoms. The highest BCUT2D eigenvalue weighted by Crippen LogP contribution is 2.24. The number of benzene rings is 4. The van der Waals surface area contributed by atoms with Gasteiger partial charge in [0.15, 0.2) is 0 Å². The number of hydrazone groups is 1. The molecule has 0 unspecified atom stereocenters. The van der Waals surface area contributed by atoms with Crippen molar-refractivity contribution >= 4 is 64.5 Å². The minimum atomic E-state index is -0.627. The van der Waals surface area contributed by atoms with E-state index in [1.807, 2.05) is 0 Å². The molecule has 6 nitrogen and oxygen atoms in total. The van der Waals surface area contributed by atoms with Gasteiger partial charge in [-0.2, -0.15) is 5.10 Å². The summed E-state index contributed by atoms with van der Waals surface area (Å²) in [7, 11) is 0. The molecule has 10 heteroatoms. The molecule has 0 heterocycles. The van der Waals surface area contributed by atoms with Crippen molar-refractivity contribution in [2.24, 2.45) is 5.10 Å². The molecule has 4 aromatic rings. The summed E-state index contributed by atoms with van der Waals surface area (Å²) in [6.45, 7) is 0.257. The number of amides is 1. The first kappa shape index (κ1) is 27.5. The van der Waals surface area contributed by atoms with Gasteiger partial charge in [0.1, 0.15) is 18.1 Å². The summed E-state index contributed by atoms with van der Waals surface area (Å²) in [5.41, 5.74) is 4.43. The lowest BCUT2D eigenvalue weighted by Crippen LogP contribution is -2.17. The van der Waals surface area contributed by atoms with E-state index in [1.54, 1.807) is 72.8 Å². The van der Waals surface area contributed by atoms with Gasteiger partial charge >= 0.3 is 5.97 Å². The van der Waals surface area contributed by atoms with Crippen LogP contribution in [-0.4, -0.2) is 18.1 Å². The van der Waals surface area contributed by atoms with E-state index in [1.165, 1.54) is 18.3 Å². The third-order valence-electron chi connectivity index (χ3n) is 5.13. The summed E-state index contributed by atoms with van der Waals surface area (Å²) in [5.74, 6) is -0.180. The summed E-state index contributed by atoms with van der Waals surface area (Å²) in [6.07, 6.45) is 1.43. The van der Waals surface area contributed by atoms with Gasteiger partial charge in [-0.05, 0) is 72.3 Å². The summed E-state index contributed by atoms with van der Waals surface area (Å²) in [5, 5.41) is 5.64. The maximum absolute atomic E-state index is 12.4. The van der Waals surface area contributed by atoms with Gasteiger partial charge in [0.05, 0.1) is 16.8 Å². The lowest BCUT2D eigenvalue weighted by molar-refractivity contribution is 0.0734. The lowest BCUT2D eigenvalue weighted by atomic mass is 10.2. The van der Waals surface area contributed by atoms with Gasteiger partial charge < -0.3 is 9.47 Å². The molecule has 1 amide bonds. The maximum Gasteiger partial charge on any atom is 0.345 e. The van der Waals surface area contributed by atoms with Gasteiger partial charge in [0, 0.05) is 26.2 Å². The summed E-state index contributed by atoms with van der Waals surface area (Å²) < 4.78 is 11.1. The first-order chi connectivity index (χ1) is 18.3. The van der Waals surface area contributed by atoms with Gasteiger partial charge in [-0.15, -0.1) is 0 Å². The smallest absolute Gasteiger partial charge is 0.345 e. The van der Waals surface area contributed by atoms with Crippen molar-refractivity contribution < 1.29 is 19.1 Å². The topological polar surface area (TPSA) is 77.0 Å². The van der Waals surface area contributed by atoms with Crippen LogP contribution in [0.15, 0.2) is 90.0 Å². The number of esters is 1. The van der Waals surface area contributed by atoms with E-state index in [2.05, 4.69) is 10.5 Å². The molecule has 0 fully saturated rings. The van der Waals surface area contributed by atoms with E-state index in [0.717, 1.165) is 5.56 Å². The van der Waals surface area contributed by atoms with E-state index < -0.39 is 11.9 Å². The van der Waals surface area contributed by atoms with Crippen molar-refractivity contribution in [1.82, 2.24) is 5.43 Å². The minimum absolute atomic E-state index is 0.188. The Balaban J connectivity index is 1.31. The van der Waals surface area contributed by atoms with E-state index in [4.69, 9.17) is 55.9 Å². The summed E-state index contributed by atoms with van der Waals surface area (Å²) in [4.78, 5) is 24.9. The molecule has 192 valence electrons. The van der Waals surface area contributed by atoms with Gasteiger partial charge in [-0.1, -0.05) is 64.6 Å². The SMILES string of the molecule is O=C(N/N=C/c1cccc(OC(=O)c2ccc(Cl)cc2Cl)c1)c1ccc(OCc2ccc(Cl)cc2Cl)cc1. The Labute approximate surface area is 238 Å². The predicted octanol–water partition coefficient (Wildman–Crippen LogP) is 7.86. The first-order valence-electron chi connectivity index (χ1n) is 11.1. The Morgan fingerprint density at radius 2 is 1.50 bits per heavy atom. The monoisotopic (exact) mass is 586 g/mol. The van der Waals surface area contributed by atoms with Crippen molar-refractivity contribution in [2.75, 3.05) is 0 Å². The zero-order valence-electron chi connectivity index (χ0n) is 19.5. The third kappa shape index (κ3) is 7.49. The predicted molar refractivity (Wildman–Crippen MR) is 150 cm³/mol. The molecule has 0 aliphatic rings. The van der Waals surface area contributed by atoms with E-state index >= 15 is 0 Å². The average molecular weight is 588 g/mol. The Hall–Kier alpha value is -3.55. The molecule has 0 bridgehead atoms. The Kier molecular flexibility index (Phi) is 9.26. The normalized spacial score (nSPS) is 10.8. The Morgan fingerprint density at radius 1 is 0.789 bits per heavy atom. The molecule has 4 aromatic carbocycles. The van der Waals surface area contributed by atoms with Crippen molar-refractivity contribution in [2.45, 2.75) is 6.61 Å². The van der Waals surface area contributed by atoms with Crippen molar-refractivity contribution in [3.63, 3.8) is 0 Å². The fourth-order valence-electron chi connectivity index (χ4n) is 3.21. The van der Waals surface area contributed by atoms with Crippen LogP contribution < -0.4 is 14.9 Å². The van der Waals surface area contributed by atoms with Crippen LogP contribution in [0.25, 0.3) is 0 Å². The number of nitrogens with zero attached hydrogens (tertiary/aromatic N) is 1.